The van der Waals surface area contributed by atoms with Gasteiger partial charge in [0.1, 0.15) is 5.69 Å². The normalized spacial score (nSPS) is 29.7. The van der Waals surface area contributed by atoms with Crippen LogP contribution in [0.2, 0.25) is 0 Å². The molecule has 2 aliphatic rings. The van der Waals surface area contributed by atoms with E-state index in [1.54, 1.807) is 6.20 Å². The van der Waals surface area contributed by atoms with E-state index in [0.29, 0.717) is 23.4 Å². The Morgan fingerprint density at radius 3 is 2.48 bits per heavy atom. The van der Waals surface area contributed by atoms with Crippen LogP contribution in [0.4, 0.5) is 0 Å². The molecule has 1 saturated carbocycles. The molecule has 4 rings (SSSR count). The smallest absolute Gasteiger partial charge is 0.185 e. The summed E-state index contributed by atoms with van der Waals surface area (Å²) in [6.07, 6.45) is 7.33. The number of nitrogens with zero attached hydrogens (tertiary/aromatic N) is 1. The Hall–Kier alpha value is -2.22. The Kier molecular flexibility index (Phi) is 2.95. The summed E-state index contributed by atoms with van der Waals surface area (Å²) in [6, 6.07) is 16.0. The molecule has 0 radical (unpaired) electrons. The maximum atomic E-state index is 12.9. The van der Waals surface area contributed by atoms with Crippen LogP contribution in [0.25, 0.3) is 0 Å². The van der Waals surface area contributed by atoms with E-state index < -0.39 is 0 Å². The standard InChI is InChI=1S/C19H17NO/c21-19(16-8-4-5-11-20-16)18-15-10-9-14(12-15)17(18)13-6-2-1-3-7-13/h1-11,14-15,17-18H,12H2/t14-,15+,17?,18-/m0/s1. The molecule has 104 valence electrons. The summed E-state index contributed by atoms with van der Waals surface area (Å²) in [7, 11) is 0. The topological polar surface area (TPSA) is 30.0 Å². The summed E-state index contributed by atoms with van der Waals surface area (Å²) in [4.78, 5) is 17.2. The SMILES string of the molecule is O=C(c1ccccn1)[C@@H]1C(c2ccccc2)[C@H]2C=C[C@@H]1C2. The van der Waals surface area contributed by atoms with Crippen molar-refractivity contribution >= 4 is 5.78 Å². The highest BCUT2D eigenvalue weighted by Crippen LogP contribution is 2.53. The Morgan fingerprint density at radius 1 is 0.952 bits per heavy atom. The molecule has 0 aliphatic heterocycles. The van der Waals surface area contributed by atoms with Gasteiger partial charge >= 0.3 is 0 Å². The summed E-state index contributed by atoms with van der Waals surface area (Å²) in [6.45, 7) is 0. The second-order valence-electron chi connectivity index (χ2n) is 5.99. The molecule has 2 aliphatic carbocycles. The third-order valence-corrected chi connectivity index (χ3v) is 4.86. The largest absolute Gasteiger partial charge is 0.292 e. The lowest BCUT2D eigenvalue weighted by Gasteiger charge is -2.27. The van der Waals surface area contributed by atoms with E-state index >= 15 is 0 Å². The molecule has 0 saturated heterocycles. The monoisotopic (exact) mass is 275 g/mol. The first kappa shape index (κ1) is 12.5. The predicted octanol–water partition coefficient (Wildman–Crippen LogP) is 3.87. The van der Waals surface area contributed by atoms with E-state index in [-0.39, 0.29) is 11.7 Å². The van der Waals surface area contributed by atoms with Gasteiger partial charge in [0.2, 0.25) is 0 Å². The third-order valence-electron chi connectivity index (χ3n) is 4.86. The molecule has 2 nitrogen and oxygen atoms in total. The zero-order valence-corrected chi connectivity index (χ0v) is 11.7. The summed E-state index contributed by atoms with van der Waals surface area (Å²) >= 11 is 0. The minimum absolute atomic E-state index is 0.0392. The third kappa shape index (κ3) is 2.02. The molecule has 1 aromatic carbocycles. The van der Waals surface area contributed by atoms with Crippen LogP contribution >= 0.6 is 0 Å². The fraction of sp³-hybridized carbons (Fsp3) is 0.263. The van der Waals surface area contributed by atoms with Gasteiger partial charge in [-0.1, -0.05) is 48.6 Å². The van der Waals surface area contributed by atoms with Gasteiger partial charge in [-0.3, -0.25) is 9.78 Å². The number of carbonyl (C=O) groups excluding carboxylic acids is 1. The maximum absolute atomic E-state index is 12.9. The first-order valence-electron chi connectivity index (χ1n) is 7.53. The van der Waals surface area contributed by atoms with Crippen molar-refractivity contribution < 1.29 is 4.79 Å². The molecule has 1 unspecified atom stereocenters. The van der Waals surface area contributed by atoms with Crippen molar-refractivity contribution in [3.05, 3.63) is 78.1 Å². The number of hydrogen-bond donors (Lipinski definition) is 0. The number of fused-ring (bicyclic) bond motifs is 2. The van der Waals surface area contributed by atoms with E-state index in [1.165, 1.54) is 5.56 Å². The van der Waals surface area contributed by atoms with Gasteiger partial charge in [-0.15, -0.1) is 0 Å². The van der Waals surface area contributed by atoms with Gasteiger partial charge in [0, 0.05) is 18.0 Å². The molecule has 1 fully saturated rings. The van der Waals surface area contributed by atoms with E-state index in [4.69, 9.17) is 0 Å². The average Bonchev–Trinajstić information content (AvgIpc) is 3.17. The summed E-state index contributed by atoms with van der Waals surface area (Å²) in [5.74, 6) is 1.40. The maximum Gasteiger partial charge on any atom is 0.185 e. The average molecular weight is 275 g/mol. The van der Waals surface area contributed by atoms with Crippen LogP contribution < -0.4 is 0 Å². The molecule has 0 spiro atoms. The fourth-order valence-corrected chi connectivity index (χ4v) is 3.99. The van der Waals surface area contributed by atoms with Gasteiger partial charge in [0.05, 0.1) is 0 Å². The van der Waals surface area contributed by atoms with Crippen LogP contribution in [-0.4, -0.2) is 10.8 Å². The molecule has 2 heteroatoms. The van der Waals surface area contributed by atoms with E-state index in [0.717, 1.165) is 6.42 Å². The number of Topliss-reactive ketones (excluding diaryl/α,β-unsaturated/α-hetero) is 1. The van der Waals surface area contributed by atoms with Crippen molar-refractivity contribution in [1.29, 1.82) is 0 Å². The number of rotatable bonds is 3. The molecular formula is C19H17NO. The lowest BCUT2D eigenvalue weighted by molar-refractivity contribution is 0.0881. The number of ketones is 1. The zero-order chi connectivity index (χ0) is 14.2. The Bertz CT molecular complexity index is 677. The Labute approximate surface area is 124 Å². The van der Waals surface area contributed by atoms with Crippen LogP contribution in [-0.2, 0) is 0 Å². The van der Waals surface area contributed by atoms with E-state index in [9.17, 15) is 4.79 Å². The summed E-state index contributed by atoms with van der Waals surface area (Å²) in [5.41, 5.74) is 1.88. The highest BCUT2D eigenvalue weighted by Gasteiger charge is 2.48. The highest BCUT2D eigenvalue weighted by molar-refractivity contribution is 5.97. The zero-order valence-electron chi connectivity index (χ0n) is 11.7. The van der Waals surface area contributed by atoms with Crippen LogP contribution in [0, 0.1) is 17.8 Å². The number of allylic oxidation sites excluding steroid dienone is 2. The molecule has 2 aromatic rings. The molecule has 1 heterocycles. The van der Waals surface area contributed by atoms with Gasteiger partial charge in [-0.05, 0) is 36.0 Å². The number of benzene rings is 1. The first-order valence-corrected chi connectivity index (χ1v) is 7.53. The Balaban J connectivity index is 1.73. The summed E-state index contributed by atoms with van der Waals surface area (Å²) < 4.78 is 0. The van der Waals surface area contributed by atoms with Crippen molar-refractivity contribution in [3.63, 3.8) is 0 Å². The molecule has 4 atom stereocenters. The fourth-order valence-electron chi connectivity index (χ4n) is 3.99. The summed E-state index contributed by atoms with van der Waals surface area (Å²) in [5, 5.41) is 0. The lowest BCUT2D eigenvalue weighted by atomic mass is 9.75. The van der Waals surface area contributed by atoms with Gasteiger partial charge in [-0.25, -0.2) is 0 Å². The van der Waals surface area contributed by atoms with E-state index in [2.05, 4.69) is 41.4 Å². The van der Waals surface area contributed by atoms with Gasteiger partial charge < -0.3 is 0 Å². The quantitative estimate of drug-likeness (QED) is 0.628. The molecular weight excluding hydrogens is 258 g/mol. The molecule has 2 bridgehead atoms. The number of aromatic nitrogens is 1. The number of hydrogen-bond acceptors (Lipinski definition) is 2. The van der Waals surface area contributed by atoms with Gasteiger partial charge in [0.25, 0.3) is 0 Å². The minimum Gasteiger partial charge on any atom is -0.292 e. The van der Waals surface area contributed by atoms with Crippen LogP contribution in [0.5, 0.6) is 0 Å². The van der Waals surface area contributed by atoms with E-state index in [1.807, 2.05) is 24.3 Å². The first-order chi connectivity index (χ1) is 10.3. The van der Waals surface area contributed by atoms with Crippen LogP contribution in [0.3, 0.4) is 0 Å². The van der Waals surface area contributed by atoms with Gasteiger partial charge in [-0.2, -0.15) is 0 Å². The highest BCUT2D eigenvalue weighted by atomic mass is 16.1. The van der Waals surface area contributed by atoms with Crippen molar-refractivity contribution in [2.24, 2.45) is 17.8 Å². The van der Waals surface area contributed by atoms with Crippen molar-refractivity contribution in [1.82, 2.24) is 4.98 Å². The number of pyridine rings is 1. The van der Waals surface area contributed by atoms with Crippen molar-refractivity contribution in [3.8, 4) is 0 Å². The molecule has 1 aromatic heterocycles. The number of carbonyl (C=O) groups is 1. The van der Waals surface area contributed by atoms with Gasteiger partial charge in [0.15, 0.2) is 5.78 Å². The van der Waals surface area contributed by atoms with Crippen LogP contribution in [0.1, 0.15) is 28.4 Å². The second kappa shape index (κ2) is 4.96. The predicted molar refractivity (Wildman–Crippen MR) is 82.0 cm³/mol. The molecule has 0 amide bonds. The van der Waals surface area contributed by atoms with Crippen molar-refractivity contribution in [2.45, 2.75) is 12.3 Å². The second-order valence-corrected chi connectivity index (χ2v) is 5.99. The Morgan fingerprint density at radius 2 is 1.71 bits per heavy atom. The molecule has 21 heavy (non-hydrogen) atoms. The van der Waals surface area contributed by atoms with Crippen molar-refractivity contribution in [2.75, 3.05) is 0 Å². The minimum atomic E-state index is 0.0392. The molecule has 0 N–H and O–H groups in total. The van der Waals surface area contributed by atoms with Crippen LogP contribution in [0.15, 0.2) is 66.9 Å². The lowest BCUT2D eigenvalue weighted by Crippen LogP contribution is -2.27.